The highest BCUT2D eigenvalue weighted by molar-refractivity contribution is 7.92. The summed E-state index contributed by atoms with van der Waals surface area (Å²) in [6, 6.07) is 20.7. The molecular weight excluding hydrogens is 360 g/mol. The molecule has 0 aliphatic rings. The second kappa shape index (κ2) is 7.80. The fourth-order valence-corrected chi connectivity index (χ4v) is 3.92. The zero-order valence-corrected chi connectivity index (χ0v) is 16.2. The maximum atomic E-state index is 12.6. The molecule has 0 unspecified atom stereocenters. The first kappa shape index (κ1) is 18.9. The molecular formula is C21H22N2O3S. The number of para-hydroxylation sites is 1. The molecule has 0 saturated carbocycles. The highest BCUT2D eigenvalue weighted by Crippen LogP contribution is 2.24. The molecule has 6 heteroatoms. The molecule has 3 rings (SSSR count). The number of sulfonamides is 1. The van der Waals surface area contributed by atoms with E-state index >= 15 is 0 Å². The molecule has 27 heavy (non-hydrogen) atoms. The first-order valence-electron chi connectivity index (χ1n) is 8.73. The number of aryl methyl sites for hydroxylation is 1. The summed E-state index contributed by atoms with van der Waals surface area (Å²) < 4.78 is 25.8. The molecule has 0 aliphatic heterocycles. The van der Waals surface area contributed by atoms with Crippen molar-refractivity contribution in [3.63, 3.8) is 0 Å². The Morgan fingerprint density at radius 3 is 2.33 bits per heavy atom. The van der Waals surface area contributed by atoms with Crippen molar-refractivity contribution in [2.75, 3.05) is 22.4 Å². The molecule has 5 nitrogen and oxygen atoms in total. The third-order valence-electron chi connectivity index (χ3n) is 4.36. The third-order valence-corrected chi connectivity index (χ3v) is 5.49. The number of carbonyl (C=O) groups excluding carboxylic acids is 1. The van der Waals surface area contributed by atoms with Crippen molar-refractivity contribution in [2.45, 2.75) is 13.3 Å². The summed E-state index contributed by atoms with van der Waals surface area (Å²) in [7, 11) is -3.60. The number of rotatable bonds is 6. The van der Waals surface area contributed by atoms with Crippen LogP contribution in [0.25, 0.3) is 10.8 Å². The van der Waals surface area contributed by atoms with Crippen LogP contribution in [0, 0.1) is 0 Å². The SMILES string of the molecule is CCc1ccccc1N(CC(=O)Nc1ccc2ccccc2c1)S(C)(=O)=O. The number of carbonyl (C=O) groups is 1. The number of hydrogen-bond acceptors (Lipinski definition) is 3. The van der Waals surface area contributed by atoms with Crippen molar-refractivity contribution in [1.82, 2.24) is 0 Å². The van der Waals surface area contributed by atoms with Crippen molar-refractivity contribution in [1.29, 1.82) is 0 Å². The van der Waals surface area contributed by atoms with Crippen LogP contribution in [-0.4, -0.2) is 27.1 Å². The lowest BCUT2D eigenvalue weighted by Gasteiger charge is -2.24. The molecule has 1 amide bonds. The predicted molar refractivity (Wildman–Crippen MR) is 111 cm³/mol. The highest BCUT2D eigenvalue weighted by Gasteiger charge is 2.22. The molecule has 3 aromatic rings. The summed E-state index contributed by atoms with van der Waals surface area (Å²) in [5.41, 5.74) is 2.05. The minimum absolute atomic E-state index is 0.275. The molecule has 0 aliphatic carbocycles. The molecule has 140 valence electrons. The van der Waals surface area contributed by atoms with E-state index in [4.69, 9.17) is 0 Å². The number of hydrogen-bond donors (Lipinski definition) is 1. The minimum Gasteiger partial charge on any atom is -0.324 e. The number of anilines is 2. The van der Waals surface area contributed by atoms with Gasteiger partial charge in [-0.15, -0.1) is 0 Å². The minimum atomic E-state index is -3.60. The van der Waals surface area contributed by atoms with Crippen LogP contribution in [0.2, 0.25) is 0 Å². The van der Waals surface area contributed by atoms with Gasteiger partial charge in [0.05, 0.1) is 11.9 Å². The fraction of sp³-hybridized carbons (Fsp3) is 0.190. The summed E-state index contributed by atoms with van der Waals surface area (Å²) in [5, 5.41) is 4.88. The van der Waals surface area contributed by atoms with Crippen LogP contribution in [-0.2, 0) is 21.2 Å². The van der Waals surface area contributed by atoms with Crippen LogP contribution < -0.4 is 9.62 Å². The van der Waals surface area contributed by atoms with Crippen molar-refractivity contribution >= 4 is 38.1 Å². The van der Waals surface area contributed by atoms with Gasteiger partial charge in [0.1, 0.15) is 6.54 Å². The van der Waals surface area contributed by atoms with Gasteiger partial charge >= 0.3 is 0 Å². The Kier molecular flexibility index (Phi) is 5.46. The second-order valence-corrected chi connectivity index (χ2v) is 8.27. The Balaban J connectivity index is 1.84. The predicted octanol–water partition coefficient (Wildman–Crippen LogP) is 3.81. The van der Waals surface area contributed by atoms with E-state index < -0.39 is 10.0 Å². The maximum absolute atomic E-state index is 12.6. The van der Waals surface area contributed by atoms with E-state index in [1.54, 1.807) is 12.1 Å². The van der Waals surface area contributed by atoms with Gasteiger partial charge in [0.15, 0.2) is 0 Å². The summed E-state index contributed by atoms with van der Waals surface area (Å²) in [6.07, 6.45) is 1.79. The lowest BCUT2D eigenvalue weighted by molar-refractivity contribution is -0.114. The van der Waals surface area contributed by atoms with Crippen molar-refractivity contribution in [3.8, 4) is 0 Å². The summed E-state index contributed by atoms with van der Waals surface area (Å²) >= 11 is 0. The first-order valence-corrected chi connectivity index (χ1v) is 10.6. The monoisotopic (exact) mass is 382 g/mol. The quantitative estimate of drug-likeness (QED) is 0.705. The van der Waals surface area contributed by atoms with Gasteiger partial charge in [-0.25, -0.2) is 8.42 Å². The molecule has 0 fully saturated rings. The highest BCUT2D eigenvalue weighted by atomic mass is 32.2. The van der Waals surface area contributed by atoms with Gasteiger partial charge in [-0.1, -0.05) is 55.5 Å². The van der Waals surface area contributed by atoms with E-state index in [-0.39, 0.29) is 12.5 Å². The van der Waals surface area contributed by atoms with Gasteiger partial charge in [0.2, 0.25) is 15.9 Å². The molecule has 1 N–H and O–H groups in total. The lowest BCUT2D eigenvalue weighted by atomic mass is 10.1. The van der Waals surface area contributed by atoms with Gasteiger partial charge in [0, 0.05) is 5.69 Å². The standard InChI is InChI=1S/C21H22N2O3S/c1-3-16-8-6-7-11-20(16)23(27(2,25)26)15-21(24)22-19-13-12-17-9-4-5-10-18(17)14-19/h4-14H,3,15H2,1-2H3,(H,22,24). The van der Waals surface area contributed by atoms with Crippen molar-refractivity contribution in [2.24, 2.45) is 0 Å². The maximum Gasteiger partial charge on any atom is 0.245 e. The van der Waals surface area contributed by atoms with Gasteiger partial charge in [-0.2, -0.15) is 0 Å². The van der Waals surface area contributed by atoms with E-state index in [2.05, 4.69) is 5.32 Å². The Morgan fingerprint density at radius 1 is 0.963 bits per heavy atom. The average molecular weight is 382 g/mol. The first-order chi connectivity index (χ1) is 12.9. The molecule has 0 saturated heterocycles. The summed E-state index contributed by atoms with van der Waals surface area (Å²) in [5.74, 6) is -0.387. The van der Waals surface area contributed by atoms with Crippen LogP contribution >= 0.6 is 0 Å². The molecule has 0 bridgehead atoms. The summed E-state index contributed by atoms with van der Waals surface area (Å²) in [4.78, 5) is 12.6. The molecule has 0 spiro atoms. The largest absolute Gasteiger partial charge is 0.324 e. The van der Waals surface area contributed by atoms with Crippen molar-refractivity contribution in [3.05, 3.63) is 72.3 Å². The third kappa shape index (κ3) is 4.46. The zero-order valence-electron chi connectivity index (χ0n) is 15.3. The van der Waals surface area contributed by atoms with E-state index in [1.807, 2.05) is 61.5 Å². The summed E-state index contributed by atoms with van der Waals surface area (Å²) in [6.45, 7) is 1.68. The van der Waals surface area contributed by atoms with Crippen LogP contribution in [0.5, 0.6) is 0 Å². The molecule has 0 heterocycles. The molecule has 3 aromatic carbocycles. The van der Waals surface area contributed by atoms with E-state index in [1.165, 1.54) is 0 Å². The normalized spacial score (nSPS) is 11.3. The van der Waals surface area contributed by atoms with Gasteiger partial charge in [-0.3, -0.25) is 9.10 Å². The smallest absolute Gasteiger partial charge is 0.245 e. The van der Waals surface area contributed by atoms with E-state index in [0.29, 0.717) is 17.8 Å². The molecule has 0 radical (unpaired) electrons. The fourth-order valence-electron chi connectivity index (χ4n) is 3.03. The Labute approximate surface area is 159 Å². The van der Waals surface area contributed by atoms with E-state index in [0.717, 1.165) is 26.9 Å². The number of fused-ring (bicyclic) bond motifs is 1. The van der Waals surface area contributed by atoms with E-state index in [9.17, 15) is 13.2 Å². The number of nitrogens with one attached hydrogen (secondary N) is 1. The van der Waals surface area contributed by atoms with Crippen LogP contribution in [0.3, 0.4) is 0 Å². The van der Waals surface area contributed by atoms with Crippen molar-refractivity contribution < 1.29 is 13.2 Å². The molecule has 0 atom stereocenters. The lowest BCUT2D eigenvalue weighted by Crippen LogP contribution is -2.38. The second-order valence-electron chi connectivity index (χ2n) is 6.36. The van der Waals surface area contributed by atoms with Crippen LogP contribution in [0.15, 0.2) is 66.7 Å². The zero-order chi connectivity index (χ0) is 19.4. The van der Waals surface area contributed by atoms with Gasteiger partial charge < -0.3 is 5.32 Å². The topological polar surface area (TPSA) is 66.5 Å². The van der Waals surface area contributed by atoms with Crippen LogP contribution in [0.1, 0.15) is 12.5 Å². The Bertz CT molecular complexity index is 1080. The van der Waals surface area contributed by atoms with Crippen LogP contribution in [0.4, 0.5) is 11.4 Å². The van der Waals surface area contributed by atoms with Gasteiger partial charge in [0.25, 0.3) is 0 Å². The average Bonchev–Trinajstić information content (AvgIpc) is 2.65. The number of benzene rings is 3. The number of amides is 1. The molecule has 0 aromatic heterocycles. The Hall–Kier alpha value is -2.86. The van der Waals surface area contributed by atoms with Gasteiger partial charge in [-0.05, 0) is 41.0 Å². The Morgan fingerprint density at radius 2 is 1.63 bits per heavy atom. The number of nitrogens with zero attached hydrogens (tertiary/aromatic N) is 1.